The molecule has 0 radical (unpaired) electrons. The number of nitrogens with zero attached hydrogens (tertiary/aromatic N) is 4. The molecule has 2 N–H and O–H groups in total. The topological polar surface area (TPSA) is 57.5 Å². The number of benzene rings is 2. The lowest BCUT2D eigenvalue weighted by atomic mass is 10.2. The molecule has 1 fully saturated rings. The first-order valence-corrected chi connectivity index (χ1v) is 10.3. The predicted octanol–water partition coefficient (Wildman–Crippen LogP) is 3.15. The Kier molecular flexibility index (Phi) is 6.45. The number of aliphatic imine (C=N–C) groups is 1. The number of para-hydroxylation sites is 1. The molecule has 8 heteroatoms. The summed E-state index contributed by atoms with van der Waals surface area (Å²) < 4.78 is 30.0. The maximum Gasteiger partial charge on any atom is 0.191 e. The van der Waals surface area contributed by atoms with E-state index in [1.54, 1.807) is 11.9 Å². The number of nitrogens with one attached hydrogen (secondary N) is 2. The average Bonchev–Trinajstić information content (AvgIpc) is 3.41. The van der Waals surface area contributed by atoms with Gasteiger partial charge in [0.25, 0.3) is 0 Å². The van der Waals surface area contributed by atoms with E-state index >= 15 is 0 Å². The fourth-order valence-electron chi connectivity index (χ4n) is 3.80. The van der Waals surface area contributed by atoms with Gasteiger partial charge in [0.1, 0.15) is 17.3 Å². The van der Waals surface area contributed by atoms with E-state index in [9.17, 15) is 8.78 Å². The fraction of sp³-hybridized carbons (Fsp3) is 0.304. The molecule has 0 saturated carbocycles. The molecule has 2 aromatic carbocycles. The van der Waals surface area contributed by atoms with Gasteiger partial charge in [-0.2, -0.15) is 5.10 Å². The highest BCUT2D eigenvalue weighted by Crippen LogP contribution is 2.26. The second kappa shape index (κ2) is 9.59. The molecule has 6 nitrogen and oxygen atoms in total. The molecule has 4 rings (SSSR count). The number of aromatic nitrogens is 2. The van der Waals surface area contributed by atoms with Gasteiger partial charge in [-0.15, -0.1) is 0 Å². The van der Waals surface area contributed by atoms with Crippen molar-refractivity contribution in [2.75, 3.05) is 25.0 Å². The van der Waals surface area contributed by atoms with Crippen LogP contribution in [0.4, 0.5) is 14.5 Å². The molecular weight excluding hydrogens is 398 g/mol. The van der Waals surface area contributed by atoms with Crippen molar-refractivity contribution in [1.82, 2.24) is 20.4 Å². The van der Waals surface area contributed by atoms with E-state index in [2.05, 4.69) is 32.9 Å². The Bertz CT molecular complexity index is 1010. The minimum atomic E-state index is -0.532. The number of guanidine groups is 1. The van der Waals surface area contributed by atoms with Gasteiger partial charge in [0.2, 0.25) is 0 Å². The van der Waals surface area contributed by atoms with Crippen LogP contribution in [0.1, 0.15) is 17.5 Å². The number of halogens is 2. The van der Waals surface area contributed by atoms with Crippen molar-refractivity contribution < 1.29 is 8.78 Å². The van der Waals surface area contributed by atoms with Gasteiger partial charge in [-0.05, 0) is 24.1 Å². The molecule has 162 valence electrons. The highest BCUT2D eigenvalue weighted by molar-refractivity contribution is 5.80. The van der Waals surface area contributed by atoms with Gasteiger partial charge in [-0.3, -0.25) is 9.67 Å². The Morgan fingerprint density at radius 3 is 2.61 bits per heavy atom. The van der Waals surface area contributed by atoms with Gasteiger partial charge >= 0.3 is 0 Å². The molecule has 2 heterocycles. The normalized spacial score (nSPS) is 16.5. The predicted molar refractivity (Wildman–Crippen MR) is 118 cm³/mol. The molecule has 0 bridgehead atoms. The van der Waals surface area contributed by atoms with Crippen LogP contribution in [0.15, 0.2) is 65.9 Å². The molecule has 1 aromatic heterocycles. The third-order valence-electron chi connectivity index (χ3n) is 5.34. The van der Waals surface area contributed by atoms with E-state index in [4.69, 9.17) is 0 Å². The molecular formula is C23H26F2N6. The lowest BCUT2D eigenvalue weighted by Gasteiger charge is -2.21. The van der Waals surface area contributed by atoms with Crippen LogP contribution in [0.3, 0.4) is 0 Å². The third kappa shape index (κ3) is 5.20. The molecule has 1 aliphatic rings. The van der Waals surface area contributed by atoms with Crippen LogP contribution >= 0.6 is 0 Å². The van der Waals surface area contributed by atoms with E-state index in [0.29, 0.717) is 25.6 Å². The van der Waals surface area contributed by atoms with Gasteiger partial charge in [-0.25, -0.2) is 8.78 Å². The van der Waals surface area contributed by atoms with Gasteiger partial charge in [0.15, 0.2) is 5.96 Å². The van der Waals surface area contributed by atoms with Crippen molar-refractivity contribution in [3.8, 4) is 0 Å². The number of hydrogen-bond acceptors (Lipinski definition) is 3. The standard InChI is InChI=1S/C23H26F2N6/c1-26-23(27-12-18-13-28-31(15-18)14-17-6-3-2-4-7-17)29-19-10-11-30(16-19)22-20(24)8-5-9-21(22)25/h2-9,13,15,19H,10-12,14,16H2,1H3,(H2,26,27,29). The molecule has 0 spiro atoms. The SMILES string of the molecule is CN=C(NCc1cnn(Cc2ccccc2)c1)NC1CCN(c2c(F)cccc2F)C1. The first-order valence-electron chi connectivity index (χ1n) is 10.3. The summed E-state index contributed by atoms with van der Waals surface area (Å²) in [7, 11) is 1.71. The first kappa shape index (κ1) is 20.8. The summed E-state index contributed by atoms with van der Waals surface area (Å²) in [4.78, 5) is 6.01. The van der Waals surface area contributed by atoms with Crippen LogP contribution in [0.2, 0.25) is 0 Å². The molecule has 1 atom stereocenters. The highest BCUT2D eigenvalue weighted by atomic mass is 19.1. The smallest absolute Gasteiger partial charge is 0.191 e. The number of hydrogen-bond donors (Lipinski definition) is 2. The van der Waals surface area contributed by atoms with Crippen molar-refractivity contribution in [2.45, 2.75) is 25.6 Å². The second-order valence-corrected chi connectivity index (χ2v) is 7.60. The van der Waals surface area contributed by atoms with Crippen LogP contribution in [-0.2, 0) is 13.1 Å². The first-order chi connectivity index (χ1) is 15.1. The summed E-state index contributed by atoms with van der Waals surface area (Å²) in [6.07, 6.45) is 4.61. The van der Waals surface area contributed by atoms with Crippen LogP contribution in [0, 0.1) is 11.6 Å². The van der Waals surface area contributed by atoms with Crippen molar-refractivity contribution >= 4 is 11.6 Å². The van der Waals surface area contributed by atoms with E-state index in [1.165, 1.54) is 23.8 Å². The van der Waals surface area contributed by atoms with Crippen LogP contribution < -0.4 is 15.5 Å². The lowest BCUT2D eigenvalue weighted by Crippen LogP contribution is -2.44. The summed E-state index contributed by atoms with van der Waals surface area (Å²) in [6, 6.07) is 14.2. The molecule has 0 amide bonds. The van der Waals surface area contributed by atoms with E-state index in [1.807, 2.05) is 35.3 Å². The van der Waals surface area contributed by atoms with Gasteiger partial charge in [0.05, 0.1) is 12.7 Å². The molecule has 1 unspecified atom stereocenters. The quantitative estimate of drug-likeness (QED) is 0.472. The summed E-state index contributed by atoms with van der Waals surface area (Å²) in [5, 5.41) is 11.0. The van der Waals surface area contributed by atoms with Crippen molar-refractivity contribution in [3.05, 3.63) is 83.7 Å². The highest BCUT2D eigenvalue weighted by Gasteiger charge is 2.27. The lowest BCUT2D eigenvalue weighted by molar-refractivity contribution is 0.576. The molecule has 3 aromatic rings. The fourth-order valence-corrected chi connectivity index (χ4v) is 3.80. The largest absolute Gasteiger partial charge is 0.365 e. The van der Waals surface area contributed by atoms with E-state index in [-0.39, 0.29) is 11.7 Å². The zero-order valence-corrected chi connectivity index (χ0v) is 17.4. The molecule has 1 saturated heterocycles. The number of anilines is 1. The second-order valence-electron chi connectivity index (χ2n) is 7.60. The third-order valence-corrected chi connectivity index (χ3v) is 5.34. The molecule has 0 aliphatic carbocycles. The molecule has 31 heavy (non-hydrogen) atoms. The van der Waals surface area contributed by atoms with Crippen molar-refractivity contribution in [3.63, 3.8) is 0 Å². The monoisotopic (exact) mass is 424 g/mol. The Labute approximate surface area is 180 Å². The summed E-state index contributed by atoms with van der Waals surface area (Å²) >= 11 is 0. The Hall–Kier alpha value is -3.42. The van der Waals surface area contributed by atoms with Gasteiger partial charge in [0, 0.05) is 44.5 Å². The maximum atomic E-state index is 14.1. The average molecular weight is 424 g/mol. The Balaban J connectivity index is 1.29. The van der Waals surface area contributed by atoms with Crippen molar-refractivity contribution in [2.24, 2.45) is 4.99 Å². The van der Waals surface area contributed by atoms with Crippen LogP contribution in [0.25, 0.3) is 0 Å². The van der Waals surface area contributed by atoms with Crippen LogP contribution in [-0.4, -0.2) is 41.9 Å². The number of rotatable bonds is 6. The molecule has 1 aliphatic heterocycles. The Morgan fingerprint density at radius 1 is 1.10 bits per heavy atom. The van der Waals surface area contributed by atoms with E-state index < -0.39 is 11.6 Å². The zero-order chi connectivity index (χ0) is 21.6. The Morgan fingerprint density at radius 2 is 1.87 bits per heavy atom. The van der Waals surface area contributed by atoms with Gasteiger partial charge in [-0.1, -0.05) is 36.4 Å². The summed E-state index contributed by atoms with van der Waals surface area (Å²) in [5.41, 5.74) is 2.28. The van der Waals surface area contributed by atoms with Crippen LogP contribution in [0.5, 0.6) is 0 Å². The summed E-state index contributed by atoms with van der Waals surface area (Å²) in [5.74, 6) is -0.414. The van der Waals surface area contributed by atoms with E-state index in [0.717, 1.165) is 18.5 Å². The summed E-state index contributed by atoms with van der Waals surface area (Å²) in [6.45, 7) is 2.39. The minimum absolute atomic E-state index is 0.0422. The van der Waals surface area contributed by atoms with Gasteiger partial charge < -0.3 is 15.5 Å². The zero-order valence-electron chi connectivity index (χ0n) is 17.4. The van der Waals surface area contributed by atoms with Crippen molar-refractivity contribution in [1.29, 1.82) is 0 Å². The minimum Gasteiger partial charge on any atom is -0.365 e. The maximum absolute atomic E-state index is 14.1.